The average Bonchev–Trinajstić information content (AvgIpc) is 3.03. The minimum Gasteiger partial charge on any atom is -0.353 e. The molecule has 0 radical (unpaired) electrons. The maximum atomic E-state index is 12.5. The molecule has 1 aliphatic heterocycles. The molecule has 1 N–H and O–H groups in total. The van der Waals surface area contributed by atoms with E-state index in [4.69, 9.17) is 0 Å². The highest BCUT2D eigenvalue weighted by Gasteiger charge is 2.22. The Labute approximate surface area is 176 Å². The second kappa shape index (κ2) is 8.39. The zero-order valence-electron chi connectivity index (χ0n) is 16.8. The van der Waals surface area contributed by atoms with E-state index in [1.807, 2.05) is 30.3 Å². The summed E-state index contributed by atoms with van der Waals surface area (Å²) in [4.78, 5) is 12.8. The monoisotopic (exact) mass is 424 g/mol. The van der Waals surface area contributed by atoms with Crippen LogP contribution in [0.5, 0.6) is 0 Å². The highest BCUT2D eigenvalue weighted by molar-refractivity contribution is 7.90. The van der Waals surface area contributed by atoms with Crippen molar-refractivity contribution in [2.24, 2.45) is 0 Å². The molecule has 8 heteroatoms. The topological polar surface area (TPSA) is 93.9 Å². The average molecular weight is 425 g/mol. The van der Waals surface area contributed by atoms with Gasteiger partial charge < -0.3 is 9.88 Å². The summed E-state index contributed by atoms with van der Waals surface area (Å²) in [5, 5.41) is 11.8. The van der Waals surface area contributed by atoms with Gasteiger partial charge in [-0.1, -0.05) is 42.5 Å². The van der Waals surface area contributed by atoms with Gasteiger partial charge in [-0.15, -0.1) is 10.2 Å². The predicted molar refractivity (Wildman–Crippen MR) is 114 cm³/mol. The second-order valence-corrected chi connectivity index (χ2v) is 9.66. The zero-order valence-corrected chi connectivity index (χ0v) is 17.6. The van der Waals surface area contributed by atoms with Gasteiger partial charge in [0.1, 0.15) is 5.82 Å². The number of fused-ring (bicyclic) bond motifs is 1. The van der Waals surface area contributed by atoms with Gasteiger partial charge in [0.25, 0.3) is 0 Å². The number of benzene rings is 2. The molecule has 1 aromatic heterocycles. The Kier molecular flexibility index (Phi) is 5.67. The van der Waals surface area contributed by atoms with Crippen molar-refractivity contribution in [3.8, 4) is 11.4 Å². The smallest absolute Gasteiger partial charge is 0.224 e. The van der Waals surface area contributed by atoms with Crippen molar-refractivity contribution >= 4 is 15.7 Å². The molecule has 0 bridgehead atoms. The van der Waals surface area contributed by atoms with E-state index < -0.39 is 9.84 Å². The first kappa shape index (κ1) is 20.3. The van der Waals surface area contributed by atoms with Crippen LogP contribution in [0.4, 0.5) is 0 Å². The molecule has 1 unspecified atom stereocenters. The summed E-state index contributed by atoms with van der Waals surface area (Å²) >= 11 is 0. The number of carbonyl (C=O) groups excluding carboxylic acids is 1. The maximum Gasteiger partial charge on any atom is 0.224 e. The van der Waals surface area contributed by atoms with Gasteiger partial charge in [0, 0.05) is 30.8 Å². The summed E-state index contributed by atoms with van der Waals surface area (Å²) in [6.07, 6.45) is 3.77. The molecule has 1 aliphatic rings. The Hall–Kier alpha value is -3.00. The SMILES string of the molecule is CS(=O)(=O)c1ccc(CC(=O)NC2CCc3nnc(-c4ccccc4)n3CC2)cc1. The fourth-order valence-corrected chi connectivity index (χ4v) is 4.38. The third kappa shape index (κ3) is 4.59. The van der Waals surface area contributed by atoms with Gasteiger partial charge in [0.2, 0.25) is 5.91 Å². The molecule has 1 amide bonds. The first-order valence-electron chi connectivity index (χ1n) is 9.96. The fourth-order valence-electron chi connectivity index (χ4n) is 3.75. The van der Waals surface area contributed by atoms with Crippen molar-refractivity contribution in [1.29, 1.82) is 0 Å². The quantitative estimate of drug-likeness (QED) is 0.679. The summed E-state index contributed by atoms with van der Waals surface area (Å²) in [5.41, 5.74) is 1.83. The molecule has 2 heterocycles. The normalized spacial score (nSPS) is 16.5. The zero-order chi connectivity index (χ0) is 21.1. The van der Waals surface area contributed by atoms with Gasteiger partial charge in [-0.3, -0.25) is 4.79 Å². The van der Waals surface area contributed by atoms with Crippen molar-refractivity contribution in [1.82, 2.24) is 20.1 Å². The Morgan fingerprint density at radius 1 is 1.07 bits per heavy atom. The summed E-state index contributed by atoms with van der Waals surface area (Å²) in [6, 6.07) is 16.5. The van der Waals surface area contributed by atoms with Crippen molar-refractivity contribution in [2.75, 3.05) is 6.26 Å². The second-order valence-electron chi connectivity index (χ2n) is 7.64. The molecule has 156 valence electrons. The first-order chi connectivity index (χ1) is 14.4. The van der Waals surface area contributed by atoms with Gasteiger partial charge in [-0.2, -0.15) is 0 Å². The van der Waals surface area contributed by atoms with Gasteiger partial charge in [0.15, 0.2) is 15.7 Å². The third-order valence-electron chi connectivity index (χ3n) is 5.36. The van der Waals surface area contributed by atoms with E-state index in [0.717, 1.165) is 48.6 Å². The number of aromatic nitrogens is 3. The van der Waals surface area contributed by atoms with Crippen molar-refractivity contribution < 1.29 is 13.2 Å². The Bertz CT molecular complexity index is 1140. The van der Waals surface area contributed by atoms with Crippen LogP contribution in [-0.2, 0) is 34.0 Å². The maximum absolute atomic E-state index is 12.5. The Morgan fingerprint density at radius 3 is 2.50 bits per heavy atom. The number of nitrogens with zero attached hydrogens (tertiary/aromatic N) is 3. The first-order valence-corrected chi connectivity index (χ1v) is 11.8. The van der Waals surface area contributed by atoms with Crippen LogP contribution in [-0.4, -0.2) is 41.4 Å². The van der Waals surface area contributed by atoms with Crippen molar-refractivity contribution in [2.45, 2.75) is 43.2 Å². The number of amides is 1. The molecule has 4 rings (SSSR count). The van der Waals surface area contributed by atoms with Crippen molar-refractivity contribution in [3.05, 3.63) is 66.0 Å². The predicted octanol–water partition coefficient (Wildman–Crippen LogP) is 2.41. The van der Waals surface area contributed by atoms with Gasteiger partial charge >= 0.3 is 0 Å². The van der Waals surface area contributed by atoms with E-state index in [1.54, 1.807) is 24.3 Å². The lowest BCUT2D eigenvalue weighted by Gasteiger charge is -2.16. The molecule has 2 aromatic carbocycles. The standard InChI is InChI=1S/C22H24N4O3S/c1-30(28,29)19-10-7-16(8-11-19)15-21(27)23-18-9-12-20-24-25-22(26(20)14-13-18)17-5-3-2-4-6-17/h2-8,10-11,18H,9,12-15H2,1H3,(H,23,27). The number of hydrogen-bond acceptors (Lipinski definition) is 5. The largest absolute Gasteiger partial charge is 0.353 e. The van der Waals surface area contributed by atoms with Crippen LogP contribution in [0, 0.1) is 0 Å². The summed E-state index contributed by atoms with van der Waals surface area (Å²) in [5.74, 6) is 1.75. The minimum atomic E-state index is -3.23. The minimum absolute atomic E-state index is 0.0620. The molecule has 0 saturated heterocycles. The molecule has 30 heavy (non-hydrogen) atoms. The van der Waals surface area contributed by atoms with Crippen LogP contribution in [0.25, 0.3) is 11.4 Å². The number of rotatable bonds is 5. The summed E-state index contributed by atoms with van der Waals surface area (Å²) in [6.45, 7) is 0.751. The molecule has 3 aromatic rings. The number of carbonyl (C=O) groups is 1. The molecule has 7 nitrogen and oxygen atoms in total. The molecule has 0 spiro atoms. The molecule has 0 aliphatic carbocycles. The van der Waals surface area contributed by atoms with Gasteiger partial charge in [-0.25, -0.2) is 8.42 Å². The third-order valence-corrected chi connectivity index (χ3v) is 6.49. The van der Waals surface area contributed by atoms with E-state index >= 15 is 0 Å². The lowest BCUT2D eigenvalue weighted by atomic mass is 10.1. The van der Waals surface area contributed by atoms with Crippen molar-refractivity contribution in [3.63, 3.8) is 0 Å². The van der Waals surface area contributed by atoms with Crippen LogP contribution in [0.3, 0.4) is 0 Å². The lowest BCUT2D eigenvalue weighted by Crippen LogP contribution is -2.36. The molecular weight excluding hydrogens is 400 g/mol. The van der Waals surface area contributed by atoms with E-state index in [-0.39, 0.29) is 23.3 Å². The number of sulfone groups is 1. The van der Waals surface area contributed by atoms with E-state index in [1.165, 1.54) is 6.26 Å². The van der Waals surface area contributed by atoms with Crippen LogP contribution in [0.15, 0.2) is 59.5 Å². The number of aryl methyl sites for hydroxylation is 1. The number of hydrogen-bond donors (Lipinski definition) is 1. The summed E-state index contributed by atoms with van der Waals surface area (Å²) in [7, 11) is -3.23. The highest BCUT2D eigenvalue weighted by Crippen LogP contribution is 2.22. The van der Waals surface area contributed by atoms with E-state index in [2.05, 4.69) is 20.1 Å². The van der Waals surface area contributed by atoms with Crippen LogP contribution >= 0.6 is 0 Å². The van der Waals surface area contributed by atoms with Gasteiger partial charge in [0.05, 0.1) is 11.3 Å². The number of nitrogens with one attached hydrogen (secondary N) is 1. The Balaban J connectivity index is 1.37. The van der Waals surface area contributed by atoms with E-state index in [0.29, 0.717) is 0 Å². The van der Waals surface area contributed by atoms with E-state index in [9.17, 15) is 13.2 Å². The molecule has 0 saturated carbocycles. The molecule has 1 atom stereocenters. The molecular formula is C22H24N4O3S. The van der Waals surface area contributed by atoms with Crippen LogP contribution < -0.4 is 5.32 Å². The molecule has 0 fully saturated rings. The summed E-state index contributed by atoms with van der Waals surface area (Å²) < 4.78 is 25.3. The highest BCUT2D eigenvalue weighted by atomic mass is 32.2. The Morgan fingerprint density at radius 2 is 1.80 bits per heavy atom. The lowest BCUT2D eigenvalue weighted by molar-refractivity contribution is -0.121. The van der Waals surface area contributed by atoms with Crippen LogP contribution in [0.2, 0.25) is 0 Å². The van der Waals surface area contributed by atoms with Gasteiger partial charge in [-0.05, 0) is 30.5 Å². The fraction of sp³-hybridized carbons (Fsp3) is 0.318. The van der Waals surface area contributed by atoms with Crippen LogP contribution in [0.1, 0.15) is 24.2 Å².